The van der Waals surface area contributed by atoms with Gasteiger partial charge in [0.25, 0.3) is 5.91 Å². The van der Waals surface area contributed by atoms with E-state index in [9.17, 15) is 18.7 Å². The number of amides is 1. The number of anilines is 1. The molecule has 1 aromatic rings. The van der Waals surface area contributed by atoms with Gasteiger partial charge in [0.15, 0.2) is 0 Å². The highest BCUT2D eigenvalue weighted by molar-refractivity contribution is 5.85. The summed E-state index contributed by atoms with van der Waals surface area (Å²) in [6.07, 6.45) is 2.18. The Labute approximate surface area is 127 Å². The normalized spacial score (nSPS) is 21.4. The Kier molecular flexibility index (Phi) is 3.76. The number of rotatable bonds is 3. The average molecular weight is 311 g/mol. The van der Waals surface area contributed by atoms with Gasteiger partial charge in [-0.05, 0) is 31.4 Å². The predicted molar refractivity (Wildman–Crippen MR) is 76.8 cm³/mol. The molecule has 0 spiro atoms. The van der Waals surface area contributed by atoms with Crippen molar-refractivity contribution >= 4 is 11.7 Å². The van der Waals surface area contributed by atoms with Crippen LogP contribution in [0.15, 0.2) is 24.4 Å². The maximum absolute atomic E-state index is 14.2. The smallest absolute Gasteiger partial charge is 0.352 e. The second kappa shape index (κ2) is 5.46. The van der Waals surface area contributed by atoms with Crippen LogP contribution >= 0.6 is 0 Å². The van der Waals surface area contributed by atoms with Crippen LogP contribution in [0.5, 0.6) is 0 Å². The molecule has 7 heteroatoms. The lowest BCUT2D eigenvalue weighted by atomic mass is 9.75. The summed E-state index contributed by atoms with van der Waals surface area (Å²) < 4.78 is 28.4. The van der Waals surface area contributed by atoms with Gasteiger partial charge in [-0.25, -0.2) is 4.98 Å². The molecule has 0 aromatic carbocycles. The SMILES string of the molecule is O=C(N1CCN(c2ccccn2)CC1)C(F)(F)C1(O)CCC1. The van der Waals surface area contributed by atoms with E-state index in [1.54, 1.807) is 6.20 Å². The fourth-order valence-corrected chi connectivity index (χ4v) is 2.90. The van der Waals surface area contributed by atoms with Crippen LogP contribution in [0.25, 0.3) is 0 Å². The number of aromatic nitrogens is 1. The van der Waals surface area contributed by atoms with Crippen molar-refractivity contribution < 1.29 is 18.7 Å². The second-order valence-corrected chi connectivity index (χ2v) is 5.93. The number of hydrogen-bond acceptors (Lipinski definition) is 4. The number of pyridine rings is 1. The van der Waals surface area contributed by atoms with Crippen molar-refractivity contribution in [2.75, 3.05) is 31.1 Å². The van der Waals surface area contributed by atoms with Gasteiger partial charge >= 0.3 is 5.92 Å². The van der Waals surface area contributed by atoms with Gasteiger partial charge < -0.3 is 14.9 Å². The lowest BCUT2D eigenvalue weighted by molar-refractivity contribution is -0.223. The second-order valence-electron chi connectivity index (χ2n) is 5.93. The molecule has 1 saturated carbocycles. The largest absolute Gasteiger partial charge is 0.383 e. The molecule has 1 aromatic heterocycles. The molecular weight excluding hydrogens is 292 g/mol. The summed E-state index contributed by atoms with van der Waals surface area (Å²) in [7, 11) is 0. The third kappa shape index (κ3) is 2.43. The van der Waals surface area contributed by atoms with E-state index in [1.807, 2.05) is 23.1 Å². The Hall–Kier alpha value is -1.76. The van der Waals surface area contributed by atoms with E-state index < -0.39 is 17.4 Å². The molecule has 1 aliphatic heterocycles. The number of carbonyl (C=O) groups excluding carboxylic acids is 1. The van der Waals surface area contributed by atoms with E-state index in [4.69, 9.17) is 0 Å². The zero-order valence-corrected chi connectivity index (χ0v) is 12.2. The summed E-state index contributed by atoms with van der Waals surface area (Å²) in [5.41, 5.74) is -2.15. The molecule has 0 radical (unpaired) electrons. The van der Waals surface area contributed by atoms with Crippen molar-refractivity contribution in [3.8, 4) is 0 Å². The van der Waals surface area contributed by atoms with Crippen LogP contribution in [0.4, 0.5) is 14.6 Å². The summed E-state index contributed by atoms with van der Waals surface area (Å²) in [4.78, 5) is 19.4. The Bertz CT molecular complexity index is 541. The molecule has 1 amide bonds. The van der Waals surface area contributed by atoms with Gasteiger partial charge in [-0.3, -0.25) is 4.79 Å². The fraction of sp³-hybridized carbons (Fsp3) is 0.600. The van der Waals surface area contributed by atoms with Gasteiger partial charge in [-0.1, -0.05) is 6.07 Å². The minimum Gasteiger partial charge on any atom is -0.383 e. The summed E-state index contributed by atoms with van der Waals surface area (Å²) in [5, 5.41) is 9.85. The molecule has 2 heterocycles. The quantitative estimate of drug-likeness (QED) is 0.914. The van der Waals surface area contributed by atoms with Crippen molar-refractivity contribution in [2.45, 2.75) is 30.8 Å². The number of piperazine rings is 1. The van der Waals surface area contributed by atoms with E-state index in [0.29, 0.717) is 19.5 Å². The number of carbonyl (C=O) groups is 1. The van der Waals surface area contributed by atoms with Crippen molar-refractivity contribution in [3.63, 3.8) is 0 Å². The molecule has 1 saturated heterocycles. The highest BCUT2D eigenvalue weighted by Crippen LogP contribution is 2.45. The first-order chi connectivity index (χ1) is 10.4. The number of halogens is 2. The number of hydrogen-bond donors (Lipinski definition) is 1. The monoisotopic (exact) mass is 311 g/mol. The molecule has 22 heavy (non-hydrogen) atoms. The molecule has 3 rings (SSSR count). The Morgan fingerprint density at radius 2 is 1.91 bits per heavy atom. The molecule has 5 nitrogen and oxygen atoms in total. The summed E-state index contributed by atoms with van der Waals surface area (Å²) in [6.45, 7) is 1.33. The van der Waals surface area contributed by atoms with Crippen LogP contribution < -0.4 is 4.90 Å². The van der Waals surface area contributed by atoms with Crippen LogP contribution in [0.2, 0.25) is 0 Å². The van der Waals surface area contributed by atoms with Gasteiger partial charge in [0.2, 0.25) is 0 Å². The first-order valence-electron chi connectivity index (χ1n) is 7.50. The molecule has 0 bridgehead atoms. The van der Waals surface area contributed by atoms with Crippen LogP contribution in [-0.4, -0.2) is 58.6 Å². The first kappa shape index (κ1) is 15.1. The Balaban J connectivity index is 1.63. The Morgan fingerprint density at radius 3 is 2.41 bits per heavy atom. The maximum Gasteiger partial charge on any atom is 0.352 e. The van der Waals surface area contributed by atoms with E-state index in [2.05, 4.69) is 4.98 Å². The summed E-state index contributed by atoms with van der Waals surface area (Å²) in [6, 6.07) is 5.52. The molecular formula is C15H19F2N3O2. The van der Waals surface area contributed by atoms with Crippen molar-refractivity contribution in [2.24, 2.45) is 0 Å². The average Bonchev–Trinajstić information content (AvgIpc) is 2.52. The zero-order valence-electron chi connectivity index (χ0n) is 12.2. The summed E-state index contributed by atoms with van der Waals surface area (Å²) >= 11 is 0. The van der Waals surface area contributed by atoms with Crippen molar-refractivity contribution in [3.05, 3.63) is 24.4 Å². The van der Waals surface area contributed by atoms with Crippen LogP contribution in [0.1, 0.15) is 19.3 Å². The lowest BCUT2D eigenvalue weighted by Gasteiger charge is -2.44. The molecule has 0 unspecified atom stereocenters. The maximum atomic E-state index is 14.2. The third-order valence-electron chi connectivity index (χ3n) is 4.57. The molecule has 0 atom stereocenters. The van der Waals surface area contributed by atoms with Gasteiger partial charge in [0, 0.05) is 32.4 Å². The van der Waals surface area contributed by atoms with Gasteiger partial charge in [0.1, 0.15) is 11.4 Å². The van der Waals surface area contributed by atoms with Crippen molar-refractivity contribution in [1.82, 2.24) is 9.88 Å². The van der Waals surface area contributed by atoms with Crippen molar-refractivity contribution in [1.29, 1.82) is 0 Å². The third-order valence-corrected chi connectivity index (χ3v) is 4.57. The first-order valence-corrected chi connectivity index (χ1v) is 7.50. The topological polar surface area (TPSA) is 56.7 Å². The van der Waals surface area contributed by atoms with E-state index in [-0.39, 0.29) is 25.9 Å². The molecule has 1 aliphatic carbocycles. The standard InChI is InChI=1S/C15H19F2N3O2/c16-15(17,14(22)5-3-6-14)13(21)20-10-8-19(9-11-20)12-4-1-2-7-18-12/h1-2,4,7,22H,3,5-6,8-11H2. The van der Waals surface area contributed by atoms with E-state index in [0.717, 1.165) is 10.7 Å². The van der Waals surface area contributed by atoms with Gasteiger partial charge in [-0.2, -0.15) is 8.78 Å². The van der Waals surface area contributed by atoms with Gasteiger partial charge in [-0.15, -0.1) is 0 Å². The highest BCUT2D eigenvalue weighted by atomic mass is 19.3. The summed E-state index contributed by atoms with van der Waals surface area (Å²) in [5.74, 6) is -4.17. The van der Waals surface area contributed by atoms with E-state index in [1.165, 1.54) is 0 Å². The number of aliphatic hydroxyl groups is 1. The molecule has 2 fully saturated rings. The van der Waals surface area contributed by atoms with Crippen LogP contribution in [0.3, 0.4) is 0 Å². The molecule has 120 valence electrons. The van der Waals surface area contributed by atoms with Gasteiger partial charge in [0.05, 0.1) is 0 Å². The van der Waals surface area contributed by atoms with Crippen LogP contribution in [0, 0.1) is 0 Å². The number of nitrogens with zero attached hydrogens (tertiary/aromatic N) is 3. The van der Waals surface area contributed by atoms with Crippen LogP contribution in [-0.2, 0) is 4.79 Å². The number of alkyl halides is 2. The molecule has 2 aliphatic rings. The molecule has 1 N–H and O–H groups in total. The minimum atomic E-state index is -3.70. The predicted octanol–water partition coefficient (Wildman–Crippen LogP) is 1.28. The fourth-order valence-electron chi connectivity index (χ4n) is 2.90. The zero-order chi connectivity index (χ0) is 15.8. The lowest BCUT2D eigenvalue weighted by Crippen LogP contribution is -2.63. The highest BCUT2D eigenvalue weighted by Gasteiger charge is 2.62. The Morgan fingerprint density at radius 1 is 1.23 bits per heavy atom. The van der Waals surface area contributed by atoms with E-state index >= 15 is 0 Å². The minimum absolute atomic E-state index is 0.0142.